The molecule has 1 rings (SSSR count). The van der Waals surface area contributed by atoms with Crippen LogP contribution >= 0.6 is 0 Å². The quantitative estimate of drug-likeness (QED) is 0.514. The fourth-order valence-corrected chi connectivity index (χ4v) is 1.02. The highest BCUT2D eigenvalue weighted by atomic mass is 16.6. The van der Waals surface area contributed by atoms with E-state index >= 15 is 0 Å². The number of hydrogen-bond acceptors (Lipinski definition) is 4. The smallest absolute Gasteiger partial charge is 0.111 e. The van der Waals surface area contributed by atoms with Crippen molar-refractivity contribution in [1.29, 1.82) is 0 Å². The van der Waals surface area contributed by atoms with Crippen LogP contribution in [0.1, 0.15) is 0 Å². The van der Waals surface area contributed by atoms with Crippen molar-refractivity contribution in [3.63, 3.8) is 0 Å². The summed E-state index contributed by atoms with van der Waals surface area (Å²) < 4.78 is 9.86. The van der Waals surface area contributed by atoms with Gasteiger partial charge in [0.25, 0.3) is 0 Å². The molecule has 60 valence electrons. The lowest BCUT2D eigenvalue weighted by atomic mass is 10.2. The summed E-state index contributed by atoms with van der Waals surface area (Å²) in [5.41, 5.74) is 0. The van der Waals surface area contributed by atoms with Crippen molar-refractivity contribution in [3.05, 3.63) is 0 Å². The Balaban J connectivity index is 2.41. The molecule has 1 aliphatic heterocycles. The average Bonchev–Trinajstić information content (AvgIpc) is 2.30. The van der Waals surface area contributed by atoms with Crippen LogP contribution in [-0.2, 0) is 9.47 Å². The first-order valence-corrected chi connectivity index (χ1v) is 3.23. The topological polar surface area (TPSA) is 58.9 Å². The van der Waals surface area contributed by atoms with E-state index in [1.54, 1.807) is 0 Å². The summed E-state index contributed by atoms with van der Waals surface area (Å²) in [5.74, 6) is 0. The zero-order valence-corrected chi connectivity index (χ0v) is 5.86. The standard InChI is InChI=1S/C6H12O4/c1-9-5-3-10-4(2-7)6(5)8/h4-8H,2-3H2,1H3/t4-,5+,6-/m0/s1. The van der Waals surface area contributed by atoms with Crippen molar-refractivity contribution in [2.75, 3.05) is 20.3 Å². The maximum atomic E-state index is 9.24. The number of aliphatic hydroxyl groups excluding tert-OH is 2. The van der Waals surface area contributed by atoms with Crippen molar-refractivity contribution in [3.8, 4) is 0 Å². The molecular weight excluding hydrogens is 136 g/mol. The lowest BCUT2D eigenvalue weighted by Gasteiger charge is -2.13. The van der Waals surface area contributed by atoms with Gasteiger partial charge in [-0.3, -0.25) is 0 Å². The number of aliphatic hydroxyl groups is 2. The Labute approximate surface area is 59.4 Å². The maximum Gasteiger partial charge on any atom is 0.111 e. The molecule has 0 aromatic rings. The van der Waals surface area contributed by atoms with Gasteiger partial charge >= 0.3 is 0 Å². The van der Waals surface area contributed by atoms with Crippen molar-refractivity contribution in [2.45, 2.75) is 18.3 Å². The molecule has 3 atom stereocenters. The fraction of sp³-hybridized carbons (Fsp3) is 1.00. The van der Waals surface area contributed by atoms with Gasteiger partial charge in [-0.05, 0) is 0 Å². The first-order valence-electron chi connectivity index (χ1n) is 3.23. The number of ether oxygens (including phenoxy) is 2. The molecule has 1 heterocycles. The van der Waals surface area contributed by atoms with Crippen molar-refractivity contribution >= 4 is 0 Å². The highest BCUT2D eigenvalue weighted by Crippen LogP contribution is 2.15. The molecule has 0 aromatic heterocycles. The Morgan fingerprint density at radius 2 is 2.40 bits per heavy atom. The van der Waals surface area contributed by atoms with Crippen molar-refractivity contribution < 1.29 is 19.7 Å². The van der Waals surface area contributed by atoms with Gasteiger partial charge in [0.1, 0.15) is 18.3 Å². The second-order valence-corrected chi connectivity index (χ2v) is 2.32. The molecule has 4 nitrogen and oxygen atoms in total. The number of methoxy groups -OCH3 is 1. The third-order valence-electron chi connectivity index (χ3n) is 1.72. The van der Waals surface area contributed by atoms with Gasteiger partial charge in [-0.1, -0.05) is 0 Å². The van der Waals surface area contributed by atoms with Gasteiger partial charge in [0.05, 0.1) is 13.2 Å². The van der Waals surface area contributed by atoms with Crippen LogP contribution in [0.2, 0.25) is 0 Å². The van der Waals surface area contributed by atoms with E-state index in [9.17, 15) is 5.11 Å². The van der Waals surface area contributed by atoms with E-state index in [1.807, 2.05) is 0 Å². The van der Waals surface area contributed by atoms with E-state index in [0.717, 1.165) is 0 Å². The Morgan fingerprint density at radius 1 is 1.70 bits per heavy atom. The molecule has 0 aliphatic carbocycles. The Bertz CT molecular complexity index is 93.9. The molecule has 0 bridgehead atoms. The van der Waals surface area contributed by atoms with Gasteiger partial charge < -0.3 is 19.7 Å². The van der Waals surface area contributed by atoms with Crippen molar-refractivity contribution in [1.82, 2.24) is 0 Å². The van der Waals surface area contributed by atoms with Crippen LogP contribution in [0.5, 0.6) is 0 Å². The molecule has 2 N–H and O–H groups in total. The van der Waals surface area contributed by atoms with Crippen LogP contribution < -0.4 is 0 Å². The third kappa shape index (κ3) is 1.29. The zero-order valence-electron chi connectivity index (χ0n) is 5.86. The Morgan fingerprint density at radius 3 is 2.70 bits per heavy atom. The molecule has 0 radical (unpaired) electrons. The molecular formula is C6H12O4. The predicted octanol–water partition coefficient (Wildman–Crippen LogP) is -1.25. The summed E-state index contributed by atoms with van der Waals surface area (Å²) in [6.45, 7) is 0.212. The van der Waals surface area contributed by atoms with Crippen LogP contribution in [0.15, 0.2) is 0 Å². The molecule has 10 heavy (non-hydrogen) atoms. The van der Waals surface area contributed by atoms with Gasteiger partial charge in [0.2, 0.25) is 0 Å². The largest absolute Gasteiger partial charge is 0.394 e. The van der Waals surface area contributed by atoms with Crippen LogP contribution in [0.4, 0.5) is 0 Å². The number of rotatable bonds is 2. The minimum Gasteiger partial charge on any atom is -0.394 e. The fourth-order valence-electron chi connectivity index (χ4n) is 1.02. The van der Waals surface area contributed by atoms with Crippen LogP contribution in [-0.4, -0.2) is 48.8 Å². The molecule has 4 heteroatoms. The number of hydrogen-bond donors (Lipinski definition) is 2. The minimum absolute atomic E-state index is 0.152. The molecule has 1 saturated heterocycles. The monoisotopic (exact) mass is 148 g/mol. The summed E-state index contributed by atoms with van der Waals surface area (Å²) in [6.07, 6.45) is -1.43. The average molecular weight is 148 g/mol. The molecule has 0 saturated carbocycles. The lowest BCUT2D eigenvalue weighted by Crippen LogP contribution is -2.33. The van der Waals surface area contributed by atoms with E-state index in [1.165, 1.54) is 7.11 Å². The van der Waals surface area contributed by atoms with E-state index in [2.05, 4.69) is 0 Å². The molecule has 0 amide bonds. The first kappa shape index (κ1) is 7.94. The first-order chi connectivity index (χ1) is 4.79. The zero-order chi connectivity index (χ0) is 7.56. The van der Waals surface area contributed by atoms with Gasteiger partial charge in [-0.25, -0.2) is 0 Å². The van der Waals surface area contributed by atoms with E-state index in [0.29, 0.717) is 6.61 Å². The van der Waals surface area contributed by atoms with Crippen LogP contribution in [0.25, 0.3) is 0 Å². The summed E-state index contributed by atoms with van der Waals surface area (Å²) in [4.78, 5) is 0. The van der Waals surface area contributed by atoms with E-state index in [4.69, 9.17) is 14.6 Å². The Kier molecular flexibility index (Phi) is 2.62. The normalized spacial score (nSPS) is 40.5. The van der Waals surface area contributed by atoms with Gasteiger partial charge in [-0.15, -0.1) is 0 Å². The third-order valence-corrected chi connectivity index (χ3v) is 1.72. The lowest BCUT2D eigenvalue weighted by molar-refractivity contribution is -0.0141. The van der Waals surface area contributed by atoms with E-state index < -0.39 is 12.2 Å². The summed E-state index contributed by atoms with van der Waals surface area (Å²) in [7, 11) is 1.51. The summed E-state index contributed by atoms with van der Waals surface area (Å²) in [6, 6.07) is 0. The van der Waals surface area contributed by atoms with Gasteiger partial charge in [0, 0.05) is 7.11 Å². The summed E-state index contributed by atoms with van der Waals surface area (Å²) >= 11 is 0. The second kappa shape index (κ2) is 3.30. The minimum atomic E-state index is -0.685. The molecule has 0 unspecified atom stereocenters. The van der Waals surface area contributed by atoms with Crippen molar-refractivity contribution in [2.24, 2.45) is 0 Å². The molecule has 1 aliphatic rings. The second-order valence-electron chi connectivity index (χ2n) is 2.32. The molecule has 0 spiro atoms. The van der Waals surface area contributed by atoms with Gasteiger partial charge in [0.15, 0.2) is 0 Å². The summed E-state index contributed by atoms with van der Waals surface area (Å²) in [5, 5.41) is 17.8. The Hall–Kier alpha value is -0.160. The maximum absolute atomic E-state index is 9.24. The van der Waals surface area contributed by atoms with Crippen LogP contribution in [0, 0.1) is 0 Å². The SMILES string of the molecule is CO[C@@H]1CO[C@@H](CO)[C@@H]1O. The highest BCUT2D eigenvalue weighted by Gasteiger charge is 2.35. The van der Waals surface area contributed by atoms with E-state index in [-0.39, 0.29) is 12.7 Å². The van der Waals surface area contributed by atoms with Crippen LogP contribution in [0.3, 0.4) is 0 Å². The molecule has 0 aromatic carbocycles. The van der Waals surface area contributed by atoms with Gasteiger partial charge in [-0.2, -0.15) is 0 Å². The predicted molar refractivity (Wildman–Crippen MR) is 33.6 cm³/mol. The highest BCUT2D eigenvalue weighted by molar-refractivity contribution is 4.83. The molecule has 1 fully saturated rings.